The lowest BCUT2D eigenvalue weighted by Crippen LogP contribution is -2.16. The predicted molar refractivity (Wildman–Crippen MR) is 122 cm³/mol. The van der Waals surface area contributed by atoms with Crippen LogP contribution < -0.4 is 15.8 Å². The maximum Gasteiger partial charge on any atom is 0.274 e. The Bertz CT molecular complexity index is 1290. The molecule has 0 atom stereocenters. The van der Waals surface area contributed by atoms with E-state index in [-0.39, 0.29) is 22.2 Å². The van der Waals surface area contributed by atoms with Crippen molar-refractivity contribution in [2.45, 2.75) is 6.92 Å². The number of anilines is 3. The van der Waals surface area contributed by atoms with Crippen LogP contribution in [0.4, 0.5) is 17.1 Å². The summed E-state index contributed by atoms with van der Waals surface area (Å²) < 4.78 is 25.5. The number of carbonyl (C=O) groups excluding carboxylic acids is 1. The van der Waals surface area contributed by atoms with Gasteiger partial charge in [0.05, 0.1) is 17.6 Å². The number of sulfonamides is 1. The summed E-state index contributed by atoms with van der Waals surface area (Å²) in [5.74, 6) is -0.461. The van der Waals surface area contributed by atoms with Crippen LogP contribution in [0.25, 0.3) is 11.1 Å². The summed E-state index contributed by atoms with van der Waals surface area (Å²) >= 11 is 5.99. The van der Waals surface area contributed by atoms with Crippen LogP contribution in [0.5, 0.6) is 0 Å². The number of rotatable bonds is 6. The summed E-state index contributed by atoms with van der Waals surface area (Å²) in [6.07, 6.45) is 3.48. The average molecular weight is 459 g/mol. The third kappa shape index (κ3) is 5.36. The normalized spacial score (nSPS) is 11.1. The van der Waals surface area contributed by atoms with Crippen LogP contribution in [0.3, 0.4) is 0 Å². The van der Waals surface area contributed by atoms with Crippen molar-refractivity contribution in [3.8, 4) is 11.1 Å². The molecule has 0 aliphatic rings. The summed E-state index contributed by atoms with van der Waals surface area (Å²) in [6.45, 7) is 1.77. The molecule has 0 fully saturated rings. The molecule has 5 N–H and O–H groups in total. The van der Waals surface area contributed by atoms with Gasteiger partial charge in [-0.15, -0.1) is 0 Å². The van der Waals surface area contributed by atoms with Crippen molar-refractivity contribution in [1.82, 2.24) is 9.97 Å². The van der Waals surface area contributed by atoms with Crippen LogP contribution in [0.15, 0.2) is 42.6 Å². The zero-order valence-electron chi connectivity index (χ0n) is 16.6. The second-order valence-electron chi connectivity index (χ2n) is 6.73. The molecular weight excluding hydrogens is 440 g/mol. The van der Waals surface area contributed by atoms with E-state index in [9.17, 15) is 13.2 Å². The summed E-state index contributed by atoms with van der Waals surface area (Å²) in [4.78, 5) is 20.9. The number of benzene rings is 1. The van der Waals surface area contributed by atoms with Crippen molar-refractivity contribution in [2.24, 2.45) is 0 Å². The van der Waals surface area contributed by atoms with Crippen molar-refractivity contribution < 1.29 is 13.2 Å². The molecule has 1 aromatic carbocycles. The number of aryl methyl sites for hydroxylation is 1. The highest BCUT2D eigenvalue weighted by atomic mass is 35.5. The Hall–Kier alpha value is -3.50. The SMILES string of the molecule is Cc1cccc(C(=O)Nc2cc(-c3cnc(Cl)c(NS(C)(=O)=O)c3)cc(N)c2C=N)n1. The van der Waals surface area contributed by atoms with Crippen molar-refractivity contribution in [3.05, 3.63) is 64.7 Å². The van der Waals surface area contributed by atoms with Crippen LogP contribution in [0.1, 0.15) is 21.7 Å². The molecule has 160 valence electrons. The van der Waals surface area contributed by atoms with E-state index >= 15 is 0 Å². The van der Waals surface area contributed by atoms with Gasteiger partial charge in [-0.2, -0.15) is 0 Å². The van der Waals surface area contributed by atoms with Crippen LogP contribution in [-0.4, -0.2) is 36.8 Å². The molecule has 11 heteroatoms. The number of nitrogens with zero attached hydrogens (tertiary/aromatic N) is 2. The number of nitrogen functional groups attached to an aromatic ring is 1. The number of hydrogen-bond donors (Lipinski definition) is 4. The molecule has 0 spiro atoms. The fourth-order valence-electron chi connectivity index (χ4n) is 2.84. The minimum absolute atomic E-state index is 0.0164. The topological polar surface area (TPSA) is 151 Å². The molecule has 3 rings (SSSR count). The van der Waals surface area contributed by atoms with Gasteiger partial charge in [0.1, 0.15) is 5.69 Å². The van der Waals surface area contributed by atoms with E-state index in [1.54, 1.807) is 37.3 Å². The van der Waals surface area contributed by atoms with Gasteiger partial charge in [0.15, 0.2) is 5.15 Å². The molecular formula is C20H19ClN6O3S. The quantitative estimate of drug-likeness (QED) is 0.252. The van der Waals surface area contributed by atoms with Gasteiger partial charge in [0.2, 0.25) is 10.0 Å². The molecule has 0 saturated heterocycles. The first-order valence-electron chi connectivity index (χ1n) is 8.90. The molecule has 0 aliphatic heterocycles. The first kappa shape index (κ1) is 22.2. The minimum atomic E-state index is -3.57. The van der Waals surface area contributed by atoms with Crippen LogP contribution >= 0.6 is 11.6 Å². The fraction of sp³-hybridized carbons (Fsp3) is 0.100. The molecule has 2 aromatic heterocycles. The monoisotopic (exact) mass is 458 g/mol. The van der Waals surface area contributed by atoms with Gasteiger partial charge < -0.3 is 16.5 Å². The first-order chi connectivity index (χ1) is 14.6. The Labute approximate surface area is 184 Å². The molecule has 0 radical (unpaired) electrons. The molecule has 2 heterocycles. The Morgan fingerprint density at radius 1 is 1.19 bits per heavy atom. The lowest BCUT2D eigenvalue weighted by molar-refractivity contribution is 0.102. The molecule has 0 bridgehead atoms. The molecule has 0 saturated carbocycles. The van der Waals surface area contributed by atoms with E-state index in [1.807, 2.05) is 0 Å². The van der Waals surface area contributed by atoms with Gasteiger partial charge in [-0.3, -0.25) is 9.52 Å². The Morgan fingerprint density at radius 2 is 1.90 bits per heavy atom. The van der Waals surface area contributed by atoms with E-state index in [0.717, 1.165) is 12.5 Å². The summed E-state index contributed by atoms with van der Waals surface area (Å²) in [7, 11) is -3.57. The lowest BCUT2D eigenvalue weighted by Gasteiger charge is -2.14. The van der Waals surface area contributed by atoms with Gasteiger partial charge in [-0.1, -0.05) is 17.7 Å². The molecule has 1 amide bonds. The highest BCUT2D eigenvalue weighted by Gasteiger charge is 2.15. The highest BCUT2D eigenvalue weighted by molar-refractivity contribution is 7.92. The van der Waals surface area contributed by atoms with Crippen LogP contribution in [0, 0.1) is 12.3 Å². The second-order valence-corrected chi connectivity index (χ2v) is 8.83. The average Bonchev–Trinajstić information content (AvgIpc) is 2.68. The van der Waals surface area contributed by atoms with E-state index in [4.69, 9.17) is 22.7 Å². The number of nitrogens with two attached hydrogens (primary N) is 1. The zero-order valence-corrected chi connectivity index (χ0v) is 18.2. The van der Waals surface area contributed by atoms with E-state index in [2.05, 4.69) is 20.0 Å². The van der Waals surface area contributed by atoms with Gasteiger partial charge >= 0.3 is 0 Å². The van der Waals surface area contributed by atoms with E-state index in [1.165, 1.54) is 12.3 Å². The van der Waals surface area contributed by atoms with Crippen molar-refractivity contribution >= 4 is 50.8 Å². The van der Waals surface area contributed by atoms with Gasteiger partial charge in [-0.25, -0.2) is 18.4 Å². The number of hydrogen-bond acceptors (Lipinski definition) is 7. The lowest BCUT2D eigenvalue weighted by atomic mass is 10.0. The maximum absolute atomic E-state index is 12.7. The Morgan fingerprint density at radius 3 is 2.55 bits per heavy atom. The molecule has 0 unspecified atom stereocenters. The Kier molecular flexibility index (Phi) is 6.23. The van der Waals surface area contributed by atoms with Crippen molar-refractivity contribution in [2.75, 3.05) is 22.0 Å². The zero-order chi connectivity index (χ0) is 22.8. The summed E-state index contributed by atoms with van der Waals surface area (Å²) in [6, 6.07) is 9.77. The van der Waals surface area contributed by atoms with Crippen molar-refractivity contribution in [3.63, 3.8) is 0 Å². The molecule has 0 aliphatic carbocycles. The summed E-state index contributed by atoms with van der Waals surface area (Å²) in [5.41, 5.74) is 9.01. The van der Waals surface area contributed by atoms with Gasteiger partial charge in [0.25, 0.3) is 5.91 Å². The molecule has 31 heavy (non-hydrogen) atoms. The highest BCUT2D eigenvalue weighted by Crippen LogP contribution is 2.32. The van der Waals surface area contributed by atoms with Gasteiger partial charge in [0, 0.05) is 34.9 Å². The first-order valence-corrected chi connectivity index (χ1v) is 11.2. The fourth-order valence-corrected chi connectivity index (χ4v) is 3.60. The number of amides is 1. The Balaban J connectivity index is 2.04. The second kappa shape index (κ2) is 8.70. The number of nitrogens with one attached hydrogen (secondary N) is 3. The van der Waals surface area contributed by atoms with E-state index < -0.39 is 15.9 Å². The number of carbonyl (C=O) groups is 1. The number of pyridine rings is 2. The van der Waals surface area contributed by atoms with E-state index in [0.29, 0.717) is 28.1 Å². The maximum atomic E-state index is 12.7. The van der Waals surface area contributed by atoms with Crippen LogP contribution in [0.2, 0.25) is 5.15 Å². The number of aromatic nitrogens is 2. The van der Waals surface area contributed by atoms with Crippen molar-refractivity contribution in [1.29, 1.82) is 5.41 Å². The minimum Gasteiger partial charge on any atom is -0.398 e. The standard InChI is InChI=1S/C20H19ClN6O3S/c1-11-4-3-5-16(25-11)20(28)26-17-7-12(6-15(23)14(17)9-22)13-8-18(19(21)24-10-13)27-31(2,29)30/h3-10,22,27H,23H2,1-2H3,(H,26,28). The third-order valence-corrected chi connectivity index (χ3v) is 5.09. The smallest absolute Gasteiger partial charge is 0.274 e. The number of halogens is 1. The van der Waals surface area contributed by atoms with Crippen LogP contribution in [-0.2, 0) is 10.0 Å². The summed E-state index contributed by atoms with van der Waals surface area (Å²) in [5, 5.41) is 10.4. The largest absolute Gasteiger partial charge is 0.398 e. The molecule has 3 aromatic rings. The third-order valence-electron chi connectivity index (χ3n) is 4.19. The predicted octanol–water partition coefficient (Wildman–Crippen LogP) is 3.31. The molecule has 9 nitrogen and oxygen atoms in total. The van der Waals surface area contributed by atoms with Gasteiger partial charge in [-0.05, 0) is 42.8 Å².